The topological polar surface area (TPSA) is 40.5 Å². The maximum atomic E-state index is 9.75. The van der Waals surface area contributed by atoms with Crippen molar-refractivity contribution in [3.05, 3.63) is 59.7 Å². The van der Waals surface area contributed by atoms with Crippen LogP contribution in [0.2, 0.25) is 0 Å². The van der Waals surface area contributed by atoms with E-state index in [1.807, 2.05) is 36.4 Å². The summed E-state index contributed by atoms with van der Waals surface area (Å²) in [7, 11) is 0. The molecule has 2 aromatic carbocycles. The summed E-state index contributed by atoms with van der Waals surface area (Å²) in [6.07, 6.45) is 18.1. The minimum absolute atomic E-state index is 0.450. The highest BCUT2D eigenvalue weighted by molar-refractivity contribution is 5.34. The number of aryl methyl sites for hydroxylation is 1. The van der Waals surface area contributed by atoms with E-state index < -0.39 is 0 Å². The molecule has 0 bridgehead atoms. The van der Waals surface area contributed by atoms with E-state index in [-0.39, 0.29) is 0 Å². The molecule has 0 aromatic heterocycles. The maximum Gasteiger partial charge on any atom is 0.119 e. The molecule has 0 radical (unpaired) electrons. The molecule has 0 amide bonds. The van der Waals surface area contributed by atoms with Gasteiger partial charge in [-0.1, -0.05) is 128 Å². The largest absolute Gasteiger partial charge is 0.508 e. The lowest BCUT2D eigenvalue weighted by atomic mass is 9.94. The van der Waals surface area contributed by atoms with Crippen LogP contribution in [0.5, 0.6) is 11.5 Å². The van der Waals surface area contributed by atoms with Crippen LogP contribution < -0.4 is 0 Å². The van der Waals surface area contributed by atoms with Gasteiger partial charge in [0.2, 0.25) is 0 Å². The molecule has 0 aliphatic rings. The average Bonchev–Trinajstić information content (AvgIpc) is 2.80. The van der Waals surface area contributed by atoms with Gasteiger partial charge in [0.1, 0.15) is 11.5 Å². The first kappa shape index (κ1) is 28.1. The third kappa shape index (κ3) is 12.8. The normalized spacial score (nSPS) is 11.6. The van der Waals surface area contributed by atoms with Gasteiger partial charge in [0.05, 0.1) is 0 Å². The average molecular weight is 441 g/mol. The van der Waals surface area contributed by atoms with Gasteiger partial charge in [-0.05, 0) is 48.4 Å². The molecule has 0 aliphatic heterocycles. The molecule has 0 spiro atoms. The Morgan fingerprint density at radius 3 is 1.69 bits per heavy atom. The standard InChI is InChI=1S/C16H26O.C14H22O/c1-3-4-5-6-7-8-11-14(2)15-12-9-10-13-16(15)17;1-2-3-4-5-6-7-10-13-11-8-9-12-14(13)15/h9-10,12-14,17H,3-8,11H2,1-2H3;8-9,11-12,15H,2-7,10H2,1H3. The van der Waals surface area contributed by atoms with Crippen LogP contribution in [0.4, 0.5) is 0 Å². The van der Waals surface area contributed by atoms with E-state index in [4.69, 9.17) is 0 Å². The molecule has 1 atom stereocenters. The van der Waals surface area contributed by atoms with Gasteiger partial charge in [0.25, 0.3) is 0 Å². The number of benzene rings is 2. The number of unbranched alkanes of at least 4 members (excludes halogenated alkanes) is 10. The van der Waals surface area contributed by atoms with Gasteiger partial charge in [-0.3, -0.25) is 0 Å². The third-order valence-corrected chi connectivity index (χ3v) is 6.25. The first-order valence-electron chi connectivity index (χ1n) is 13.1. The van der Waals surface area contributed by atoms with Gasteiger partial charge >= 0.3 is 0 Å². The van der Waals surface area contributed by atoms with Gasteiger partial charge < -0.3 is 10.2 Å². The van der Waals surface area contributed by atoms with Crippen molar-refractivity contribution >= 4 is 0 Å². The highest BCUT2D eigenvalue weighted by Crippen LogP contribution is 2.29. The monoisotopic (exact) mass is 440 g/mol. The molecule has 2 rings (SSSR count). The van der Waals surface area contributed by atoms with E-state index in [2.05, 4.69) is 20.8 Å². The van der Waals surface area contributed by atoms with Crippen LogP contribution in [0.15, 0.2) is 48.5 Å². The minimum Gasteiger partial charge on any atom is -0.508 e. The van der Waals surface area contributed by atoms with Crippen LogP contribution in [0.25, 0.3) is 0 Å². The Hall–Kier alpha value is -1.96. The summed E-state index contributed by atoms with van der Waals surface area (Å²) in [4.78, 5) is 0. The predicted molar refractivity (Wildman–Crippen MR) is 140 cm³/mol. The van der Waals surface area contributed by atoms with Crippen molar-refractivity contribution in [3.63, 3.8) is 0 Å². The lowest BCUT2D eigenvalue weighted by molar-refractivity contribution is 0.457. The Bertz CT molecular complexity index is 695. The first-order chi connectivity index (χ1) is 15.6. The summed E-state index contributed by atoms with van der Waals surface area (Å²) in [5.41, 5.74) is 2.19. The number of phenolic OH excluding ortho intramolecular Hbond substituents is 2. The second-order valence-corrected chi connectivity index (χ2v) is 9.16. The summed E-state index contributed by atoms with van der Waals surface area (Å²) in [6.45, 7) is 6.70. The fourth-order valence-electron chi connectivity index (χ4n) is 4.11. The zero-order chi connectivity index (χ0) is 23.4. The van der Waals surface area contributed by atoms with Crippen molar-refractivity contribution in [2.45, 2.75) is 117 Å². The molecule has 0 aliphatic carbocycles. The second kappa shape index (κ2) is 18.6. The molecule has 0 heterocycles. The smallest absolute Gasteiger partial charge is 0.119 e. The van der Waals surface area contributed by atoms with E-state index in [0.717, 1.165) is 17.5 Å². The Kier molecular flexibility index (Phi) is 16.3. The van der Waals surface area contributed by atoms with E-state index in [1.54, 1.807) is 12.1 Å². The molecule has 180 valence electrons. The van der Waals surface area contributed by atoms with Crippen molar-refractivity contribution in [3.8, 4) is 11.5 Å². The predicted octanol–water partition coefficient (Wildman–Crippen LogP) is 9.54. The number of aromatic hydroxyl groups is 2. The molecular formula is C30H48O2. The summed E-state index contributed by atoms with van der Waals surface area (Å²) in [5, 5.41) is 19.3. The van der Waals surface area contributed by atoms with Crippen molar-refractivity contribution < 1.29 is 10.2 Å². The number of hydrogen-bond acceptors (Lipinski definition) is 2. The molecule has 2 N–H and O–H groups in total. The first-order valence-corrected chi connectivity index (χ1v) is 13.1. The second-order valence-electron chi connectivity index (χ2n) is 9.16. The van der Waals surface area contributed by atoms with E-state index >= 15 is 0 Å². The summed E-state index contributed by atoms with van der Waals surface area (Å²) in [5.74, 6) is 1.37. The summed E-state index contributed by atoms with van der Waals surface area (Å²) < 4.78 is 0. The fraction of sp³-hybridized carbons (Fsp3) is 0.600. The zero-order valence-electron chi connectivity index (χ0n) is 21.0. The molecule has 32 heavy (non-hydrogen) atoms. The highest BCUT2D eigenvalue weighted by Gasteiger charge is 2.08. The lowest BCUT2D eigenvalue weighted by Crippen LogP contribution is -1.94. The van der Waals surface area contributed by atoms with Crippen molar-refractivity contribution in [2.75, 3.05) is 0 Å². The van der Waals surface area contributed by atoms with Crippen LogP contribution in [-0.2, 0) is 6.42 Å². The fourth-order valence-corrected chi connectivity index (χ4v) is 4.11. The Morgan fingerprint density at radius 2 is 1.09 bits per heavy atom. The molecule has 0 saturated carbocycles. The summed E-state index contributed by atoms with van der Waals surface area (Å²) in [6, 6.07) is 15.4. The van der Waals surface area contributed by atoms with Crippen LogP contribution in [0, 0.1) is 0 Å². The van der Waals surface area contributed by atoms with Crippen LogP contribution in [0.3, 0.4) is 0 Å². The molecule has 0 fully saturated rings. The Balaban J connectivity index is 0.000000323. The molecule has 0 saturated heterocycles. The molecule has 2 heteroatoms. The maximum absolute atomic E-state index is 9.75. The Labute approximate surface area is 198 Å². The van der Waals surface area contributed by atoms with Crippen LogP contribution >= 0.6 is 0 Å². The van der Waals surface area contributed by atoms with Gasteiger partial charge in [0.15, 0.2) is 0 Å². The van der Waals surface area contributed by atoms with Gasteiger partial charge in [-0.2, -0.15) is 0 Å². The minimum atomic E-state index is 0.450. The molecule has 1 unspecified atom stereocenters. The van der Waals surface area contributed by atoms with Gasteiger partial charge in [0, 0.05) is 0 Å². The van der Waals surface area contributed by atoms with E-state index in [0.29, 0.717) is 17.4 Å². The highest BCUT2D eigenvalue weighted by atomic mass is 16.3. The number of rotatable bonds is 15. The molecule has 2 nitrogen and oxygen atoms in total. The third-order valence-electron chi connectivity index (χ3n) is 6.25. The van der Waals surface area contributed by atoms with Crippen LogP contribution in [0.1, 0.15) is 121 Å². The van der Waals surface area contributed by atoms with Crippen molar-refractivity contribution in [1.82, 2.24) is 0 Å². The zero-order valence-corrected chi connectivity index (χ0v) is 21.0. The SMILES string of the molecule is CCCCCCCCC(C)c1ccccc1O.CCCCCCCCc1ccccc1O. The van der Waals surface area contributed by atoms with E-state index in [9.17, 15) is 10.2 Å². The van der Waals surface area contributed by atoms with Crippen LogP contribution in [-0.4, -0.2) is 10.2 Å². The molecule has 2 aromatic rings. The van der Waals surface area contributed by atoms with Crippen molar-refractivity contribution in [2.24, 2.45) is 0 Å². The quantitative estimate of drug-likeness (QED) is 0.271. The summed E-state index contributed by atoms with van der Waals surface area (Å²) >= 11 is 0. The van der Waals surface area contributed by atoms with E-state index in [1.165, 1.54) is 83.5 Å². The molecular weight excluding hydrogens is 392 g/mol. The number of phenols is 2. The van der Waals surface area contributed by atoms with Gasteiger partial charge in [-0.15, -0.1) is 0 Å². The number of hydrogen-bond donors (Lipinski definition) is 2. The number of para-hydroxylation sites is 2. The van der Waals surface area contributed by atoms with Crippen molar-refractivity contribution in [1.29, 1.82) is 0 Å². The Morgan fingerprint density at radius 1 is 0.594 bits per heavy atom. The van der Waals surface area contributed by atoms with Gasteiger partial charge in [-0.25, -0.2) is 0 Å². The lowest BCUT2D eigenvalue weighted by Gasteiger charge is -2.13.